The van der Waals surface area contributed by atoms with E-state index in [1.807, 2.05) is 36.9 Å². The topological polar surface area (TPSA) is 43.5 Å². The second-order valence-electron chi connectivity index (χ2n) is 9.80. The van der Waals surface area contributed by atoms with Crippen molar-refractivity contribution >= 4 is 6.21 Å². The minimum atomic E-state index is -0.603. The lowest BCUT2D eigenvalue weighted by molar-refractivity contribution is -0.415. The largest absolute Gasteiger partial charge is 0.396 e. The van der Waals surface area contributed by atoms with Gasteiger partial charge in [0.25, 0.3) is 0 Å². The van der Waals surface area contributed by atoms with Gasteiger partial charge in [0.15, 0.2) is 12.4 Å². The number of aliphatic hydroxyl groups is 2. The number of aliphatic hydroxyl groups excluding tert-OH is 2. The zero-order chi connectivity index (χ0) is 23.2. The molecule has 0 aromatic heterocycles. The molecule has 0 spiro atoms. The third-order valence-corrected chi connectivity index (χ3v) is 6.23. The summed E-state index contributed by atoms with van der Waals surface area (Å²) < 4.78 is 1.90. The summed E-state index contributed by atoms with van der Waals surface area (Å²) in [5, 5.41) is 20.5. The molecular weight excluding hydrogens is 382 g/mol. The van der Waals surface area contributed by atoms with Crippen LogP contribution in [0.3, 0.4) is 0 Å². The lowest BCUT2D eigenvalue weighted by Crippen LogP contribution is -2.19. The van der Waals surface area contributed by atoms with Crippen LogP contribution in [0.1, 0.15) is 47.5 Å². The first kappa shape index (κ1) is 25.0. The Kier molecular flexibility index (Phi) is 8.79. The normalized spacial score (nSPS) is 30.5. The van der Waals surface area contributed by atoms with Crippen molar-refractivity contribution in [2.45, 2.75) is 53.6 Å². The van der Waals surface area contributed by atoms with E-state index in [2.05, 4.69) is 64.7 Å². The van der Waals surface area contributed by atoms with Crippen LogP contribution in [0.15, 0.2) is 83.2 Å². The van der Waals surface area contributed by atoms with Gasteiger partial charge in [-0.05, 0) is 67.6 Å². The van der Waals surface area contributed by atoms with Crippen LogP contribution in [-0.4, -0.2) is 40.8 Å². The molecule has 0 fully saturated rings. The van der Waals surface area contributed by atoms with Gasteiger partial charge < -0.3 is 10.2 Å². The minimum absolute atomic E-state index is 0.0379. The van der Waals surface area contributed by atoms with Gasteiger partial charge in [-0.25, -0.2) is 4.58 Å². The van der Waals surface area contributed by atoms with Gasteiger partial charge >= 0.3 is 0 Å². The standard InChI is InChI=1S/C28H40NO2/c1-8-29(7)13-9-10-23-16-25-18-26(28(4,5)6)17-24(21(25)3)12-11-22(19-30)15-27(31)14-20(23)2/h8-14,16,18,22,24,27,30-31H,1,15,17,19H2,2-7H3/q+1/b10-9+,12-11-,20-14+,23-16-,29-13?. The summed E-state index contributed by atoms with van der Waals surface area (Å²) in [6.07, 6.45) is 19.5. The van der Waals surface area contributed by atoms with E-state index in [0.29, 0.717) is 12.3 Å². The molecule has 0 saturated heterocycles. The van der Waals surface area contributed by atoms with Crippen molar-refractivity contribution in [1.82, 2.24) is 0 Å². The van der Waals surface area contributed by atoms with Crippen molar-refractivity contribution in [2.24, 2.45) is 17.3 Å². The molecule has 2 rings (SSSR count). The van der Waals surface area contributed by atoms with Crippen LogP contribution in [-0.2, 0) is 0 Å². The Labute approximate surface area is 188 Å². The van der Waals surface area contributed by atoms with Gasteiger partial charge in [0.2, 0.25) is 0 Å². The van der Waals surface area contributed by atoms with Crippen LogP contribution in [0.5, 0.6) is 0 Å². The van der Waals surface area contributed by atoms with E-state index in [0.717, 1.165) is 17.6 Å². The van der Waals surface area contributed by atoms with Crippen molar-refractivity contribution in [3.63, 3.8) is 0 Å². The molecule has 0 aliphatic heterocycles. The number of hydrogen-bond donors (Lipinski definition) is 2. The maximum Gasteiger partial charge on any atom is 0.168 e. The highest BCUT2D eigenvalue weighted by Crippen LogP contribution is 2.40. The van der Waals surface area contributed by atoms with Crippen molar-refractivity contribution in [1.29, 1.82) is 0 Å². The fourth-order valence-corrected chi connectivity index (χ4v) is 3.93. The van der Waals surface area contributed by atoms with Gasteiger partial charge in [-0.2, -0.15) is 0 Å². The van der Waals surface area contributed by atoms with E-state index in [4.69, 9.17) is 0 Å². The highest BCUT2D eigenvalue weighted by molar-refractivity contribution is 5.68. The number of hydrogen-bond acceptors (Lipinski definition) is 2. The summed E-state index contributed by atoms with van der Waals surface area (Å²) in [5.74, 6) is 0.236. The molecule has 0 heterocycles. The van der Waals surface area contributed by atoms with Crippen LogP contribution in [0.2, 0.25) is 0 Å². The third-order valence-electron chi connectivity index (χ3n) is 6.23. The average molecular weight is 423 g/mol. The Bertz CT molecular complexity index is 884. The highest BCUT2D eigenvalue weighted by Gasteiger charge is 2.26. The van der Waals surface area contributed by atoms with Crippen molar-refractivity contribution in [3.8, 4) is 0 Å². The van der Waals surface area contributed by atoms with E-state index in [1.165, 1.54) is 16.7 Å². The first-order chi connectivity index (χ1) is 14.5. The minimum Gasteiger partial charge on any atom is -0.396 e. The van der Waals surface area contributed by atoms with E-state index >= 15 is 0 Å². The van der Waals surface area contributed by atoms with Gasteiger partial charge in [0, 0.05) is 24.5 Å². The van der Waals surface area contributed by atoms with Crippen LogP contribution < -0.4 is 0 Å². The SMILES string of the molecule is C=C[N+](C)=C/C=C/C1=C/C2=C(C)C(/C=C\C(CO)CC(O)\C=C\1C)CC(C(C)(C)C)=C2. The summed E-state index contributed by atoms with van der Waals surface area (Å²) in [5.41, 5.74) is 6.18. The monoisotopic (exact) mass is 422 g/mol. The molecular formula is C28H40NO2+. The molecule has 3 nitrogen and oxygen atoms in total. The van der Waals surface area contributed by atoms with Crippen LogP contribution in [0, 0.1) is 17.3 Å². The fraction of sp³-hybridized carbons (Fsp3) is 0.464. The predicted molar refractivity (Wildman–Crippen MR) is 132 cm³/mol. The van der Waals surface area contributed by atoms with E-state index < -0.39 is 6.10 Å². The highest BCUT2D eigenvalue weighted by atomic mass is 16.3. The number of allylic oxidation sites excluding steroid dienone is 10. The zero-order valence-corrected chi connectivity index (χ0v) is 20.1. The smallest absolute Gasteiger partial charge is 0.168 e. The average Bonchev–Trinajstić information content (AvgIpc) is 2.70. The number of rotatable bonds is 4. The van der Waals surface area contributed by atoms with Gasteiger partial charge in [-0.3, -0.25) is 0 Å². The van der Waals surface area contributed by atoms with Gasteiger partial charge in [-0.1, -0.05) is 56.2 Å². The number of nitrogens with zero attached hydrogens (tertiary/aromatic N) is 1. The number of fused-ring (bicyclic) bond motifs is 1. The summed E-state index contributed by atoms with van der Waals surface area (Å²) in [6.45, 7) is 14.9. The van der Waals surface area contributed by atoms with E-state index in [-0.39, 0.29) is 17.9 Å². The van der Waals surface area contributed by atoms with Gasteiger partial charge in [-0.15, -0.1) is 0 Å². The third kappa shape index (κ3) is 7.15. The van der Waals surface area contributed by atoms with Crippen molar-refractivity contribution < 1.29 is 14.8 Å². The molecule has 0 aromatic rings. The lowest BCUT2D eigenvalue weighted by Gasteiger charge is -2.32. The molecule has 3 heteroatoms. The lowest BCUT2D eigenvalue weighted by atomic mass is 9.73. The zero-order valence-electron chi connectivity index (χ0n) is 20.1. The van der Waals surface area contributed by atoms with E-state index in [9.17, 15) is 10.2 Å². The molecule has 2 bridgehead atoms. The molecule has 0 saturated carbocycles. The molecule has 31 heavy (non-hydrogen) atoms. The maximum absolute atomic E-state index is 10.6. The molecule has 0 amide bonds. The Morgan fingerprint density at radius 1 is 1.19 bits per heavy atom. The van der Waals surface area contributed by atoms with E-state index in [1.54, 1.807) is 6.20 Å². The van der Waals surface area contributed by atoms with Crippen molar-refractivity contribution in [2.75, 3.05) is 13.7 Å². The Balaban J connectivity index is 2.67. The molecule has 168 valence electrons. The molecule has 2 N–H and O–H groups in total. The van der Waals surface area contributed by atoms with Crippen LogP contribution >= 0.6 is 0 Å². The second kappa shape index (κ2) is 10.9. The maximum atomic E-state index is 10.6. The summed E-state index contributed by atoms with van der Waals surface area (Å²) >= 11 is 0. The summed E-state index contributed by atoms with van der Waals surface area (Å²) in [7, 11) is 1.94. The summed E-state index contributed by atoms with van der Waals surface area (Å²) in [6, 6.07) is 0. The van der Waals surface area contributed by atoms with Gasteiger partial charge in [0.1, 0.15) is 7.05 Å². The van der Waals surface area contributed by atoms with Gasteiger partial charge in [0.05, 0.1) is 6.10 Å². The molecule has 0 aromatic carbocycles. The first-order valence-corrected chi connectivity index (χ1v) is 11.2. The molecule has 2 aliphatic rings. The molecule has 3 atom stereocenters. The van der Waals surface area contributed by atoms with Crippen molar-refractivity contribution in [3.05, 3.63) is 83.2 Å². The second-order valence-corrected chi connectivity index (χ2v) is 9.80. The first-order valence-electron chi connectivity index (χ1n) is 11.2. The Morgan fingerprint density at radius 2 is 1.90 bits per heavy atom. The summed E-state index contributed by atoms with van der Waals surface area (Å²) in [4.78, 5) is 0. The molecule has 3 unspecified atom stereocenters. The van der Waals surface area contributed by atoms with Crippen LogP contribution in [0.4, 0.5) is 0 Å². The molecule has 2 aliphatic carbocycles. The predicted octanol–water partition coefficient (Wildman–Crippen LogP) is 5.51. The fourth-order valence-electron chi connectivity index (χ4n) is 3.93. The quantitative estimate of drug-likeness (QED) is 0.356. The Morgan fingerprint density at radius 3 is 2.52 bits per heavy atom. The Hall–Kier alpha value is -2.23. The molecule has 0 radical (unpaired) electrons. The van der Waals surface area contributed by atoms with Crippen LogP contribution in [0.25, 0.3) is 0 Å².